The van der Waals surface area contributed by atoms with Gasteiger partial charge in [0.1, 0.15) is 0 Å². The van der Waals surface area contributed by atoms with Crippen molar-refractivity contribution in [3.8, 4) is 0 Å². The Balaban J connectivity index is 2.09. The van der Waals surface area contributed by atoms with E-state index in [1.807, 2.05) is 0 Å². The minimum absolute atomic E-state index is 0.163. The molecule has 7 heteroatoms. The molecule has 3 N–H and O–H groups in total. The van der Waals surface area contributed by atoms with Gasteiger partial charge in [0, 0.05) is 6.04 Å². The molecule has 1 fully saturated rings. The number of halogens is 2. The minimum Gasteiger partial charge on any atom is -0.359 e. The molecule has 1 amide bonds. The largest absolute Gasteiger partial charge is 0.359 e. The Morgan fingerprint density at radius 3 is 2.46 bits per heavy atom. The summed E-state index contributed by atoms with van der Waals surface area (Å²) in [5, 5.41) is 2.97. The highest BCUT2D eigenvalue weighted by Crippen LogP contribution is 2.18. The summed E-state index contributed by atoms with van der Waals surface area (Å²) in [6.07, 6.45) is -0.994. The summed E-state index contributed by atoms with van der Waals surface area (Å²) < 4.78 is 23.3. The molecule has 0 aliphatic heterocycles. The van der Waals surface area contributed by atoms with Crippen LogP contribution in [0.15, 0.2) is 0 Å². The summed E-state index contributed by atoms with van der Waals surface area (Å²) >= 11 is 4.69. The fourth-order valence-corrected chi connectivity index (χ4v) is 0.840. The first-order chi connectivity index (χ1) is 6.09. The molecule has 1 saturated carbocycles. The molecule has 0 spiro atoms. The Kier molecular flexibility index (Phi) is 3.35. The van der Waals surface area contributed by atoms with Gasteiger partial charge in [-0.1, -0.05) is 0 Å². The summed E-state index contributed by atoms with van der Waals surface area (Å²) in [5.41, 5.74) is 3.95. The molecule has 1 rings (SSSR count). The standard InChI is InChI=1S/C6H9F2N3OS/c7-4(8)5(12)10-11-6(13)9-3-1-2-3/h3-4H,1-2H2,(H,10,12)(H2,9,11,13). The van der Waals surface area contributed by atoms with Crippen molar-refractivity contribution in [2.75, 3.05) is 0 Å². The minimum atomic E-state index is -3.03. The monoisotopic (exact) mass is 209 g/mol. The predicted octanol–water partition coefficient (Wildman–Crippen LogP) is -0.0908. The Morgan fingerprint density at radius 1 is 1.38 bits per heavy atom. The normalized spacial score (nSPS) is 15.3. The highest BCUT2D eigenvalue weighted by Gasteiger charge is 2.22. The molecule has 74 valence electrons. The van der Waals surface area contributed by atoms with Gasteiger partial charge in [0.2, 0.25) is 0 Å². The van der Waals surface area contributed by atoms with Gasteiger partial charge in [-0.3, -0.25) is 15.6 Å². The number of thiocarbonyl (C=S) groups is 1. The lowest BCUT2D eigenvalue weighted by Gasteiger charge is -2.09. The van der Waals surface area contributed by atoms with E-state index in [9.17, 15) is 13.6 Å². The smallest absolute Gasteiger partial charge is 0.317 e. The first kappa shape index (κ1) is 10.1. The molecule has 0 unspecified atom stereocenters. The van der Waals surface area contributed by atoms with Gasteiger partial charge in [-0.2, -0.15) is 8.78 Å². The number of hydrogen-bond donors (Lipinski definition) is 3. The third-order valence-electron chi connectivity index (χ3n) is 1.41. The molecule has 0 atom stereocenters. The molecule has 0 radical (unpaired) electrons. The maximum Gasteiger partial charge on any atom is 0.317 e. The maximum atomic E-state index is 11.6. The number of carbonyl (C=O) groups excluding carboxylic acids is 1. The molecule has 0 bridgehead atoms. The van der Waals surface area contributed by atoms with E-state index in [2.05, 4.69) is 10.7 Å². The number of hydrogen-bond acceptors (Lipinski definition) is 2. The first-order valence-electron chi connectivity index (χ1n) is 3.74. The number of hydrazine groups is 1. The van der Waals surface area contributed by atoms with Crippen LogP contribution < -0.4 is 16.2 Å². The van der Waals surface area contributed by atoms with Crippen LogP contribution in [0.5, 0.6) is 0 Å². The fraction of sp³-hybridized carbons (Fsp3) is 0.667. The quantitative estimate of drug-likeness (QED) is 0.439. The zero-order valence-corrected chi connectivity index (χ0v) is 7.46. The van der Waals surface area contributed by atoms with E-state index in [0.29, 0.717) is 6.04 Å². The summed E-state index contributed by atoms with van der Waals surface area (Å²) in [5.74, 6) is -1.39. The predicted molar refractivity (Wildman–Crippen MR) is 46.0 cm³/mol. The zero-order valence-electron chi connectivity index (χ0n) is 6.64. The van der Waals surface area contributed by atoms with Crippen molar-refractivity contribution in [3.63, 3.8) is 0 Å². The van der Waals surface area contributed by atoms with Gasteiger partial charge in [-0.15, -0.1) is 0 Å². The Morgan fingerprint density at radius 2 is 2.00 bits per heavy atom. The topological polar surface area (TPSA) is 53.2 Å². The van der Waals surface area contributed by atoms with Gasteiger partial charge in [-0.25, -0.2) is 0 Å². The molecule has 0 aromatic heterocycles. The van der Waals surface area contributed by atoms with Gasteiger partial charge < -0.3 is 5.32 Å². The van der Waals surface area contributed by atoms with Crippen LogP contribution in [0.3, 0.4) is 0 Å². The lowest BCUT2D eigenvalue weighted by Crippen LogP contribution is -2.49. The van der Waals surface area contributed by atoms with Gasteiger partial charge in [0.15, 0.2) is 5.11 Å². The van der Waals surface area contributed by atoms with Crippen LogP contribution in [-0.4, -0.2) is 23.5 Å². The third-order valence-corrected chi connectivity index (χ3v) is 1.63. The van der Waals surface area contributed by atoms with Crippen molar-refractivity contribution < 1.29 is 13.6 Å². The lowest BCUT2D eigenvalue weighted by molar-refractivity contribution is -0.132. The van der Waals surface area contributed by atoms with E-state index in [0.717, 1.165) is 12.8 Å². The van der Waals surface area contributed by atoms with Crippen LogP contribution in [0.25, 0.3) is 0 Å². The highest BCUT2D eigenvalue weighted by molar-refractivity contribution is 7.80. The van der Waals surface area contributed by atoms with Crippen molar-refractivity contribution in [1.82, 2.24) is 16.2 Å². The molecular formula is C6H9F2N3OS. The SMILES string of the molecule is O=C(NNC(=S)NC1CC1)C(F)F. The average molecular weight is 209 g/mol. The summed E-state index contributed by atoms with van der Waals surface area (Å²) in [6, 6.07) is 0.323. The van der Waals surface area contributed by atoms with Crippen molar-refractivity contribution in [3.05, 3.63) is 0 Å². The van der Waals surface area contributed by atoms with Crippen LogP contribution in [0.4, 0.5) is 8.78 Å². The number of carbonyl (C=O) groups is 1. The van der Waals surface area contributed by atoms with Crippen LogP contribution in [0.1, 0.15) is 12.8 Å². The Bertz CT molecular complexity index is 220. The van der Waals surface area contributed by atoms with E-state index in [4.69, 9.17) is 12.2 Å². The first-order valence-corrected chi connectivity index (χ1v) is 4.15. The van der Waals surface area contributed by atoms with Gasteiger partial charge in [0.25, 0.3) is 0 Å². The van der Waals surface area contributed by atoms with Crippen molar-refractivity contribution >= 4 is 23.2 Å². The second-order valence-corrected chi connectivity index (χ2v) is 3.07. The van der Waals surface area contributed by atoms with Crippen LogP contribution in [0, 0.1) is 0 Å². The summed E-state index contributed by atoms with van der Waals surface area (Å²) in [6.45, 7) is 0. The average Bonchev–Trinajstić information content (AvgIpc) is 2.83. The molecule has 4 nitrogen and oxygen atoms in total. The van der Waals surface area contributed by atoms with Crippen LogP contribution in [0.2, 0.25) is 0 Å². The van der Waals surface area contributed by atoms with Gasteiger partial charge in [0.05, 0.1) is 0 Å². The maximum absolute atomic E-state index is 11.6. The molecule has 0 heterocycles. The van der Waals surface area contributed by atoms with E-state index in [-0.39, 0.29) is 5.11 Å². The fourth-order valence-electron chi connectivity index (χ4n) is 0.622. The summed E-state index contributed by atoms with van der Waals surface area (Å²) in [7, 11) is 0. The highest BCUT2D eigenvalue weighted by atomic mass is 32.1. The molecule has 13 heavy (non-hydrogen) atoms. The van der Waals surface area contributed by atoms with E-state index in [1.54, 1.807) is 5.43 Å². The molecule has 1 aliphatic carbocycles. The molecule has 0 saturated heterocycles. The lowest BCUT2D eigenvalue weighted by atomic mass is 10.7. The number of nitrogens with one attached hydrogen (secondary N) is 3. The number of amides is 1. The summed E-state index contributed by atoms with van der Waals surface area (Å²) in [4.78, 5) is 10.3. The Hall–Kier alpha value is -0.980. The molecule has 0 aromatic carbocycles. The second kappa shape index (κ2) is 4.31. The van der Waals surface area contributed by atoms with Crippen molar-refractivity contribution in [1.29, 1.82) is 0 Å². The third kappa shape index (κ3) is 3.97. The van der Waals surface area contributed by atoms with Gasteiger partial charge >= 0.3 is 12.3 Å². The molecule has 1 aliphatic rings. The van der Waals surface area contributed by atoms with E-state index < -0.39 is 12.3 Å². The Labute approximate surface area is 79.0 Å². The molecule has 0 aromatic rings. The van der Waals surface area contributed by atoms with Crippen molar-refractivity contribution in [2.45, 2.75) is 25.3 Å². The van der Waals surface area contributed by atoms with E-state index in [1.165, 1.54) is 0 Å². The van der Waals surface area contributed by atoms with Gasteiger partial charge in [-0.05, 0) is 25.1 Å². The number of rotatable bonds is 2. The van der Waals surface area contributed by atoms with Crippen molar-refractivity contribution in [2.24, 2.45) is 0 Å². The van der Waals surface area contributed by atoms with E-state index >= 15 is 0 Å². The molecular weight excluding hydrogens is 200 g/mol. The van der Waals surface area contributed by atoms with Crippen LogP contribution in [-0.2, 0) is 4.79 Å². The zero-order chi connectivity index (χ0) is 9.84. The second-order valence-electron chi connectivity index (χ2n) is 2.66. The van der Waals surface area contributed by atoms with Crippen LogP contribution >= 0.6 is 12.2 Å². The number of alkyl halides is 2.